The normalized spacial score (nSPS) is 16.9. The van der Waals surface area contributed by atoms with E-state index in [0.717, 1.165) is 42.7 Å². The number of aromatic nitrogens is 4. The van der Waals surface area contributed by atoms with Gasteiger partial charge in [0.05, 0.1) is 46.8 Å². The number of fused-ring (bicyclic) bond motifs is 1. The van der Waals surface area contributed by atoms with Gasteiger partial charge in [0.25, 0.3) is 0 Å². The topological polar surface area (TPSA) is 165 Å². The Bertz CT molecular complexity index is 1470. The summed E-state index contributed by atoms with van der Waals surface area (Å²) in [5.74, 6) is 1.05. The van der Waals surface area contributed by atoms with Gasteiger partial charge in [-0.25, -0.2) is 23.4 Å². The first-order valence-electron chi connectivity index (χ1n) is 13.2. The van der Waals surface area contributed by atoms with Crippen LogP contribution in [-0.2, 0) is 10.0 Å². The van der Waals surface area contributed by atoms with Crippen molar-refractivity contribution in [1.82, 2.24) is 19.9 Å². The number of aliphatic hydroxyl groups excluding tert-OH is 2. The Hall–Kier alpha value is -3.29. The first-order chi connectivity index (χ1) is 18.5. The molecule has 1 aliphatic heterocycles. The Morgan fingerprint density at radius 2 is 1.79 bits per heavy atom. The van der Waals surface area contributed by atoms with Crippen LogP contribution in [0.15, 0.2) is 24.5 Å². The average Bonchev–Trinajstić information content (AvgIpc) is 3.61. The summed E-state index contributed by atoms with van der Waals surface area (Å²) in [6, 6.07) is 5.30. The maximum absolute atomic E-state index is 12.4. The minimum absolute atomic E-state index is 0.0888. The maximum Gasteiger partial charge on any atom is 0.234 e. The summed E-state index contributed by atoms with van der Waals surface area (Å²) < 4.78 is 27.5. The second kappa shape index (κ2) is 10.4. The quantitative estimate of drug-likeness (QED) is 0.249. The minimum Gasteiger partial charge on any atom is -0.395 e. The van der Waals surface area contributed by atoms with Crippen molar-refractivity contribution in [3.63, 3.8) is 0 Å². The first-order valence-corrected chi connectivity index (χ1v) is 14.8. The Kier molecular flexibility index (Phi) is 7.25. The first kappa shape index (κ1) is 27.3. The van der Waals surface area contributed by atoms with Gasteiger partial charge in [-0.2, -0.15) is 4.98 Å². The molecule has 210 valence electrons. The zero-order valence-corrected chi connectivity index (χ0v) is 23.3. The standard InChI is InChI=1S/C26H36N8O4S/c1-17-12-21(31-24(29-17)32-25(2,3)15-36)30-23-22-19(27-16-28-23)13-18(33-39(37,38)11-10-35)14-20(22)34-8-6-26(4-5-26)7-9-34/h12-14,16,33,35-36H,4-11,15H2,1-3H3,(H2,27,28,29,30,31,32). The molecule has 2 aliphatic rings. The molecule has 39 heavy (non-hydrogen) atoms. The molecule has 1 spiro atoms. The van der Waals surface area contributed by atoms with E-state index in [2.05, 4.69) is 40.2 Å². The monoisotopic (exact) mass is 556 g/mol. The fourth-order valence-electron chi connectivity index (χ4n) is 4.97. The molecule has 0 radical (unpaired) electrons. The molecule has 3 aromatic rings. The number of piperidine rings is 1. The lowest BCUT2D eigenvalue weighted by Gasteiger charge is -2.35. The summed E-state index contributed by atoms with van der Waals surface area (Å²) in [5, 5.41) is 26.1. The molecule has 1 saturated carbocycles. The zero-order valence-electron chi connectivity index (χ0n) is 22.5. The lowest BCUT2D eigenvalue weighted by molar-refractivity contribution is 0.233. The molecule has 13 heteroatoms. The number of sulfonamides is 1. The zero-order chi connectivity index (χ0) is 27.8. The highest BCUT2D eigenvalue weighted by atomic mass is 32.2. The fourth-order valence-corrected chi connectivity index (χ4v) is 5.79. The lowest BCUT2D eigenvalue weighted by atomic mass is 9.93. The van der Waals surface area contributed by atoms with Crippen LogP contribution in [0.1, 0.15) is 45.2 Å². The van der Waals surface area contributed by atoms with Crippen LogP contribution in [-0.4, -0.2) is 76.2 Å². The minimum atomic E-state index is -3.71. The number of nitrogens with one attached hydrogen (secondary N) is 3. The maximum atomic E-state index is 12.4. The third-order valence-corrected chi connectivity index (χ3v) is 8.69. The largest absolute Gasteiger partial charge is 0.395 e. The van der Waals surface area contributed by atoms with E-state index < -0.39 is 22.2 Å². The molecule has 5 rings (SSSR count). The number of benzene rings is 1. The predicted octanol–water partition coefficient (Wildman–Crippen LogP) is 2.77. The van der Waals surface area contributed by atoms with E-state index in [1.807, 2.05) is 26.8 Å². The van der Waals surface area contributed by atoms with E-state index in [0.29, 0.717) is 34.2 Å². The summed E-state index contributed by atoms with van der Waals surface area (Å²) in [5.41, 5.74) is 2.38. The van der Waals surface area contributed by atoms with Gasteiger partial charge in [0, 0.05) is 24.8 Å². The van der Waals surface area contributed by atoms with E-state index in [9.17, 15) is 18.6 Å². The molecular formula is C26H36N8O4S. The van der Waals surface area contributed by atoms with E-state index in [1.165, 1.54) is 19.2 Å². The van der Waals surface area contributed by atoms with Gasteiger partial charge in [-0.1, -0.05) is 0 Å². The Morgan fingerprint density at radius 3 is 2.46 bits per heavy atom. The van der Waals surface area contributed by atoms with Crippen LogP contribution in [0.5, 0.6) is 0 Å². The van der Waals surface area contributed by atoms with Crippen LogP contribution in [0.4, 0.5) is 29.0 Å². The van der Waals surface area contributed by atoms with Crippen molar-refractivity contribution in [2.45, 2.75) is 52.0 Å². The van der Waals surface area contributed by atoms with Crippen LogP contribution in [0.25, 0.3) is 10.9 Å². The molecule has 1 aliphatic carbocycles. The number of aryl methyl sites for hydroxylation is 1. The number of rotatable bonds is 10. The van der Waals surface area contributed by atoms with E-state index in [1.54, 1.807) is 12.1 Å². The van der Waals surface area contributed by atoms with E-state index in [4.69, 9.17) is 0 Å². The fraction of sp³-hybridized carbons (Fsp3) is 0.538. The van der Waals surface area contributed by atoms with Gasteiger partial charge in [0.15, 0.2) is 0 Å². The predicted molar refractivity (Wildman–Crippen MR) is 152 cm³/mol. The van der Waals surface area contributed by atoms with Crippen molar-refractivity contribution < 1.29 is 18.6 Å². The van der Waals surface area contributed by atoms with Crippen molar-refractivity contribution in [1.29, 1.82) is 0 Å². The average molecular weight is 557 g/mol. The van der Waals surface area contributed by atoms with Crippen molar-refractivity contribution in [2.24, 2.45) is 5.41 Å². The van der Waals surface area contributed by atoms with Gasteiger partial charge in [-0.3, -0.25) is 4.72 Å². The third kappa shape index (κ3) is 6.31. The molecule has 0 amide bonds. The Labute approximate surface area is 228 Å². The number of hydrogen-bond acceptors (Lipinski definition) is 11. The molecule has 1 saturated heterocycles. The highest BCUT2D eigenvalue weighted by molar-refractivity contribution is 7.92. The van der Waals surface area contributed by atoms with Crippen LogP contribution < -0.4 is 20.3 Å². The second-order valence-electron chi connectivity index (χ2n) is 11.3. The van der Waals surface area contributed by atoms with Crippen molar-refractivity contribution >= 4 is 49.9 Å². The van der Waals surface area contributed by atoms with Gasteiger partial charge in [-0.05, 0) is 64.0 Å². The van der Waals surface area contributed by atoms with Crippen LogP contribution in [0, 0.1) is 12.3 Å². The second-order valence-corrected chi connectivity index (χ2v) is 13.1. The van der Waals surface area contributed by atoms with Gasteiger partial charge < -0.3 is 25.7 Å². The lowest BCUT2D eigenvalue weighted by Crippen LogP contribution is -2.35. The highest BCUT2D eigenvalue weighted by Gasteiger charge is 2.44. The van der Waals surface area contributed by atoms with Crippen molar-refractivity contribution in [3.05, 3.63) is 30.2 Å². The number of anilines is 5. The molecule has 0 bridgehead atoms. The Balaban J connectivity index is 1.55. The number of hydrogen-bond donors (Lipinski definition) is 5. The van der Waals surface area contributed by atoms with Crippen LogP contribution in [0.2, 0.25) is 0 Å². The molecule has 5 N–H and O–H groups in total. The van der Waals surface area contributed by atoms with Crippen molar-refractivity contribution in [2.75, 3.05) is 52.3 Å². The molecule has 0 unspecified atom stereocenters. The van der Waals surface area contributed by atoms with Crippen LogP contribution in [0.3, 0.4) is 0 Å². The van der Waals surface area contributed by atoms with E-state index >= 15 is 0 Å². The third-order valence-electron chi connectivity index (χ3n) is 7.42. The van der Waals surface area contributed by atoms with Crippen molar-refractivity contribution in [3.8, 4) is 0 Å². The smallest absolute Gasteiger partial charge is 0.234 e. The Morgan fingerprint density at radius 1 is 1.05 bits per heavy atom. The molecule has 3 heterocycles. The summed E-state index contributed by atoms with van der Waals surface area (Å²) in [7, 11) is -3.71. The molecular weight excluding hydrogens is 520 g/mol. The van der Waals surface area contributed by atoms with Gasteiger partial charge in [-0.15, -0.1) is 0 Å². The summed E-state index contributed by atoms with van der Waals surface area (Å²) >= 11 is 0. The molecule has 2 fully saturated rings. The molecule has 2 aromatic heterocycles. The number of nitrogens with zero attached hydrogens (tertiary/aromatic N) is 5. The molecule has 12 nitrogen and oxygen atoms in total. The van der Waals surface area contributed by atoms with Gasteiger partial charge in [0.2, 0.25) is 16.0 Å². The van der Waals surface area contributed by atoms with Gasteiger partial charge in [0.1, 0.15) is 18.0 Å². The summed E-state index contributed by atoms with van der Waals surface area (Å²) in [6.07, 6.45) is 6.15. The summed E-state index contributed by atoms with van der Waals surface area (Å²) in [4.78, 5) is 20.3. The molecule has 0 atom stereocenters. The van der Waals surface area contributed by atoms with E-state index in [-0.39, 0.29) is 12.4 Å². The van der Waals surface area contributed by atoms with Gasteiger partial charge >= 0.3 is 0 Å². The number of aliphatic hydroxyl groups is 2. The van der Waals surface area contributed by atoms with Crippen LogP contribution >= 0.6 is 0 Å². The molecule has 1 aromatic carbocycles. The summed E-state index contributed by atoms with van der Waals surface area (Å²) in [6.45, 7) is 6.72. The SMILES string of the molecule is Cc1cc(Nc2ncnc3cc(NS(=O)(=O)CCO)cc(N4CCC5(CC4)CC5)c23)nc(NC(C)(C)CO)n1. The highest BCUT2D eigenvalue weighted by Crippen LogP contribution is 2.54.